The van der Waals surface area contributed by atoms with Gasteiger partial charge in [-0.25, -0.2) is 0 Å². The number of hydrogen-bond acceptors (Lipinski definition) is 2. The molecule has 0 N–H and O–H groups in total. The molecule has 0 radical (unpaired) electrons. The van der Waals surface area contributed by atoms with Gasteiger partial charge in [-0.3, -0.25) is 4.79 Å². The molecule has 0 unspecified atom stereocenters. The number of hydrogen-bond donors (Lipinski definition) is 0. The fourth-order valence-electron chi connectivity index (χ4n) is 1.32. The summed E-state index contributed by atoms with van der Waals surface area (Å²) in [6, 6.07) is 3.28. The Balaban J connectivity index is 2.90. The third-order valence-electron chi connectivity index (χ3n) is 2.25. The van der Waals surface area contributed by atoms with E-state index in [1.54, 1.807) is 6.92 Å². The number of ether oxygens (including phenoxy) is 1. The number of aldehydes is 1. The Morgan fingerprint density at radius 2 is 2.11 bits per heavy atom. The van der Waals surface area contributed by atoms with Crippen LogP contribution in [0.2, 0.25) is 0 Å². The number of rotatable bonds is 5. The second kappa shape index (κ2) is 5.71. The van der Waals surface area contributed by atoms with Crippen LogP contribution in [-0.4, -0.2) is 12.9 Å². The summed E-state index contributed by atoms with van der Waals surface area (Å²) in [5, 5.41) is 0. The molecule has 0 aliphatic carbocycles. The highest BCUT2D eigenvalue weighted by Gasteiger charge is 2.33. The van der Waals surface area contributed by atoms with E-state index < -0.39 is 17.3 Å². The van der Waals surface area contributed by atoms with Crippen LogP contribution in [0.4, 0.5) is 13.2 Å². The van der Waals surface area contributed by atoms with E-state index in [1.807, 2.05) is 0 Å². The average molecular weight is 258 g/mol. The first kappa shape index (κ1) is 14.3. The molecule has 18 heavy (non-hydrogen) atoms. The SMILES string of the molecule is C=C(C)CCOc1ccc(C=O)c(C(F)(F)F)c1. The van der Waals surface area contributed by atoms with Gasteiger partial charge in [0.05, 0.1) is 12.2 Å². The lowest BCUT2D eigenvalue weighted by molar-refractivity contribution is -0.137. The van der Waals surface area contributed by atoms with E-state index in [0.29, 0.717) is 6.42 Å². The van der Waals surface area contributed by atoms with Crippen LogP contribution in [0.25, 0.3) is 0 Å². The average Bonchev–Trinajstić information content (AvgIpc) is 2.27. The summed E-state index contributed by atoms with van der Waals surface area (Å²) < 4.78 is 43.1. The Kier molecular flexibility index (Phi) is 4.53. The van der Waals surface area contributed by atoms with Gasteiger partial charge in [-0.15, -0.1) is 6.58 Å². The van der Waals surface area contributed by atoms with Gasteiger partial charge in [-0.2, -0.15) is 13.2 Å². The molecule has 0 aliphatic rings. The molecule has 2 nitrogen and oxygen atoms in total. The van der Waals surface area contributed by atoms with Crippen LogP contribution in [0, 0.1) is 0 Å². The molecule has 0 atom stereocenters. The summed E-state index contributed by atoms with van der Waals surface area (Å²) in [5.41, 5.74) is -0.490. The van der Waals surface area contributed by atoms with Gasteiger partial charge < -0.3 is 4.74 Å². The van der Waals surface area contributed by atoms with Crippen molar-refractivity contribution in [3.8, 4) is 5.75 Å². The predicted molar refractivity (Wildman–Crippen MR) is 61.8 cm³/mol. The third kappa shape index (κ3) is 3.91. The van der Waals surface area contributed by atoms with Crippen LogP contribution in [0.1, 0.15) is 29.3 Å². The van der Waals surface area contributed by atoms with Gasteiger partial charge in [-0.1, -0.05) is 5.57 Å². The predicted octanol–water partition coefficient (Wildman–Crippen LogP) is 3.86. The van der Waals surface area contributed by atoms with Crippen molar-refractivity contribution in [1.82, 2.24) is 0 Å². The maximum Gasteiger partial charge on any atom is 0.417 e. The summed E-state index contributed by atoms with van der Waals surface area (Å²) in [5.74, 6) is 0.0918. The molecule has 0 heterocycles. The van der Waals surface area contributed by atoms with Gasteiger partial charge in [0, 0.05) is 12.0 Å². The molecule has 0 spiro atoms. The van der Waals surface area contributed by atoms with E-state index in [4.69, 9.17) is 4.74 Å². The first-order chi connectivity index (χ1) is 8.34. The minimum absolute atomic E-state index is 0.0918. The summed E-state index contributed by atoms with van der Waals surface area (Å²) in [6.07, 6.45) is -3.82. The zero-order valence-electron chi connectivity index (χ0n) is 9.88. The second-order valence-corrected chi connectivity index (χ2v) is 3.92. The van der Waals surface area contributed by atoms with Crippen molar-refractivity contribution < 1.29 is 22.7 Å². The lowest BCUT2D eigenvalue weighted by atomic mass is 10.1. The Morgan fingerprint density at radius 1 is 1.44 bits per heavy atom. The molecule has 0 saturated carbocycles. The minimum Gasteiger partial charge on any atom is -0.493 e. The zero-order chi connectivity index (χ0) is 13.8. The van der Waals surface area contributed by atoms with Gasteiger partial charge in [0.25, 0.3) is 0 Å². The van der Waals surface area contributed by atoms with Crippen LogP contribution in [0.15, 0.2) is 30.4 Å². The quantitative estimate of drug-likeness (QED) is 0.592. The van der Waals surface area contributed by atoms with Crippen LogP contribution < -0.4 is 4.74 Å². The molecule has 1 rings (SSSR count). The van der Waals surface area contributed by atoms with E-state index in [9.17, 15) is 18.0 Å². The first-order valence-electron chi connectivity index (χ1n) is 5.28. The lowest BCUT2D eigenvalue weighted by Gasteiger charge is -2.12. The van der Waals surface area contributed by atoms with E-state index >= 15 is 0 Å². The number of alkyl halides is 3. The highest BCUT2D eigenvalue weighted by Crippen LogP contribution is 2.33. The van der Waals surface area contributed by atoms with Gasteiger partial charge in [-0.05, 0) is 25.1 Å². The first-order valence-corrected chi connectivity index (χ1v) is 5.28. The Bertz CT molecular complexity index is 450. The van der Waals surface area contributed by atoms with Crippen LogP contribution in [-0.2, 0) is 6.18 Å². The highest BCUT2D eigenvalue weighted by atomic mass is 19.4. The molecule has 0 amide bonds. The fraction of sp³-hybridized carbons (Fsp3) is 0.308. The van der Waals surface area contributed by atoms with Crippen molar-refractivity contribution in [2.45, 2.75) is 19.5 Å². The van der Waals surface area contributed by atoms with E-state index in [-0.39, 0.29) is 18.6 Å². The fourth-order valence-corrected chi connectivity index (χ4v) is 1.32. The molecule has 0 aromatic heterocycles. The Morgan fingerprint density at radius 3 is 2.61 bits per heavy atom. The maximum absolute atomic E-state index is 12.6. The standard InChI is InChI=1S/C13H13F3O2/c1-9(2)5-6-18-11-4-3-10(8-17)12(7-11)13(14,15)16/h3-4,7-8H,1,5-6H2,2H3. The normalized spacial score (nSPS) is 11.1. The van der Waals surface area contributed by atoms with Crippen LogP contribution in [0.5, 0.6) is 5.75 Å². The van der Waals surface area contributed by atoms with Crippen molar-refractivity contribution in [2.75, 3.05) is 6.61 Å². The van der Waals surface area contributed by atoms with Crippen LogP contribution >= 0.6 is 0 Å². The lowest BCUT2D eigenvalue weighted by Crippen LogP contribution is -2.09. The topological polar surface area (TPSA) is 26.3 Å². The van der Waals surface area contributed by atoms with Gasteiger partial charge in [0.15, 0.2) is 6.29 Å². The molecule has 0 saturated heterocycles. The van der Waals surface area contributed by atoms with Crippen molar-refractivity contribution in [3.05, 3.63) is 41.5 Å². The minimum atomic E-state index is -4.57. The molecular formula is C13H13F3O2. The van der Waals surface area contributed by atoms with E-state index in [1.165, 1.54) is 6.07 Å². The van der Waals surface area contributed by atoms with Crippen molar-refractivity contribution in [3.63, 3.8) is 0 Å². The molecule has 98 valence electrons. The maximum atomic E-state index is 12.6. The second-order valence-electron chi connectivity index (χ2n) is 3.92. The number of carbonyl (C=O) groups is 1. The molecule has 0 aliphatic heterocycles. The monoisotopic (exact) mass is 258 g/mol. The summed E-state index contributed by atoms with van der Waals surface area (Å²) in [4.78, 5) is 10.5. The zero-order valence-corrected chi connectivity index (χ0v) is 9.88. The summed E-state index contributed by atoms with van der Waals surface area (Å²) >= 11 is 0. The Hall–Kier alpha value is -1.78. The summed E-state index contributed by atoms with van der Waals surface area (Å²) in [6.45, 7) is 5.73. The third-order valence-corrected chi connectivity index (χ3v) is 2.25. The number of halogens is 3. The molecule has 1 aromatic carbocycles. The highest BCUT2D eigenvalue weighted by molar-refractivity contribution is 5.78. The van der Waals surface area contributed by atoms with Crippen LogP contribution in [0.3, 0.4) is 0 Å². The molecule has 0 fully saturated rings. The van der Waals surface area contributed by atoms with Crippen molar-refractivity contribution in [1.29, 1.82) is 0 Å². The Labute approximate surface area is 103 Å². The van der Waals surface area contributed by atoms with E-state index in [0.717, 1.165) is 17.7 Å². The van der Waals surface area contributed by atoms with Gasteiger partial charge in [0.2, 0.25) is 0 Å². The van der Waals surface area contributed by atoms with Gasteiger partial charge in [0.1, 0.15) is 5.75 Å². The van der Waals surface area contributed by atoms with E-state index in [2.05, 4.69) is 6.58 Å². The number of benzene rings is 1. The molecule has 5 heteroatoms. The molecular weight excluding hydrogens is 245 g/mol. The van der Waals surface area contributed by atoms with Crippen molar-refractivity contribution >= 4 is 6.29 Å². The smallest absolute Gasteiger partial charge is 0.417 e. The van der Waals surface area contributed by atoms with Gasteiger partial charge >= 0.3 is 6.18 Å². The largest absolute Gasteiger partial charge is 0.493 e. The number of carbonyl (C=O) groups excluding carboxylic acids is 1. The summed E-state index contributed by atoms with van der Waals surface area (Å²) in [7, 11) is 0. The molecule has 1 aromatic rings. The molecule has 0 bridgehead atoms. The van der Waals surface area contributed by atoms with Crippen molar-refractivity contribution in [2.24, 2.45) is 0 Å².